The topological polar surface area (TPSA) is 52.1 Å². The van der Waals surface area contributed by atoms with Crippen LogP contribution >= 0.6 is 0 Å². The van der Waals surface area contributed by atoms with Crippen molar-refractivity contribution in [3.8, 4) is 28.6 Å². The molecule has 3 aliphatic rings. The predicted octanol–water partition coefficient (Wildman–Crippen LogP) is 7.02. The Kier molecular flexibility index (Phi) is 3.76. The highest BCUT2D eigenvalue weighted by molar-refractivity contribution is 6.16. The first kappa shape index (κ1) is 23.3. The SMILES string of the molecule is Cc1cccc(C)c1-c1c[n+]2c3c4c5c(ccc4c4cnncc4n13)Oc1ccc3c4ccccc4n4c3c1C52[n+]1ccccc1-4. The molecule has 4 aromatic carbocycles. The number of fused-ring (bicyclic) bond motifs is 8. The Morgan fingerprint density at radius 3 is 2.35 bits per heavy atom. The normalized spacial score (nSPS) is 16.7. The zero-order valence-corrected chi connectivity index (χ0v) is 25.0. The number of aryl methyl sites for hydroxylation is 2. The van der Waals surface area contributed by atoms with Crippen LogP contribution in [0.25, 0.3) is 66.2 Å². The highest BCUT2D eigenvalue weighted by Gasteiger charge is 2.65. The fourth-order valence-electron chi connectivity index (χ4n) is 9.18. The maximum absolute atomic E-state index is 6.93. The molecule has 214 valence electrons. The summed E-state index contributed by atoms with van der Waals surface area (Å²) in [6.45, 7) is 4.41. The summed E-state index contributed by atoms with van der Waals surface area (Å²) in [4.78, 5) is 0. The number of nitrogens with zero attached hydrogens (tertiary/aromatic N) is 6. The van der Waals surface area contributed by atoms with Gasteiger partial charge in [0.2, 0.25) is 0 Å². The van der Waals surface area contributed by atoms with Crippen molar-refractivity contribution in [1.29, 1.82) is 0 Å². The average Bonchev–Trinajstić information content (AvgIpc) is 3.73. The first-order chi connectivity index (χ1) is 22.7. The van der Waals surface area contributed by atoms with Crippen molar-refractivity contribution in [2.24, 2.45) is 0 Å². The molecule has 0 saturated heterocycles. The first-order valence-electron chi connectivity index (χ1n) is 15.7. The van der Waals surface area contributed by atoms with Gasteiger partial charge in [-0.2, -0.15) is 28.3 Å². The molecular weight excluding hydrogens is 568 g/mol. The monoisotopic (exact) mass is 592 g/mol. The third-order valence-corrected chi connectivity index (χ3v) is 10.8. The number of hydrogen-bond donors (Lipinski definition) is 0. The minimum absolute atomic E-state index is 0.733. The highest BCUT2D eigenvalue weighted by atomic mass is 16.5. The smallest absolute Gasteiger partial charge is 0.318 e. The van der Waals surface area contributed by atoms with E-state index < -0.39 is 5.66 Å². The van der Waals surface area contributed by atoms with Gasteiger partial charge in [-0.1, -0.05) is 36.4 Å². The van der Waals surface area contributed by atoms with Crippen molar-refractivity contribution >= 4 is 49.1 Å². The number of aromatic nitrogens is 6. The van der Waals surface area contributed by atoms with Gasteiger partial charge in [0.1, 0.15) is 34.3 Å². The van der Waals surface area contributed by atoms with Crippen molar-refractivity contribution in [1.82, 2.24) is 19.2 Å². The average molecular weight is 593 g/mol. The molecule has 1 spiro atoms. The van der Waals surface area contributed by atoms with Gasteiger partial charge >= 0.3 is 5.66 Å². The summed E-state index contributed by atoms with van der Waals surface area (Å²) >= 11 is 0. The lowest BCUT2D eigenvalue weighted by atomic mass is 9.83. The van der Waals surface area contributed by atoms with Gasteiger partial charge in [-0.05, 0) is 67.4 Å². The fourth-order valence-corrected chi connectivity index (χ4v) is 9.18. The summed E-state index contributed by atoms with van der Waals surface area (Å²) in [5.41, 5.74) is 11.0. The number of rotatable bonds is 1. The molecule has 0 radical (unpaired) electrons. The highest BCUT2D eigenvalue weighted by Crippen LogP contribution is 2.57. The number of para-hydroxylation sites is 1. The van der Waals surface area contributed by atoms with E-state index in [4.69, 9.17) is 4.74 Å². The van der Waals surface area contributed by atoms with E-state index >= 15 is 0 Å². The second kappa shape index (κ2) is 7.41. The van der Waals surface area contributed by atoms with Crippen LogP contribution < -0.4 is 13.9 Å². The van der Waals surface area contributed by atoms with Crippen LogP contribution in [-0.2, 0) is 5.66 Å². The second-order valence-corrected chi connectivity index (χ2v) is 12.9. The molecule has 46 heavy (non-hydrogen) atoms. The van der Waals surface area contributed by atoms with Gasteiger partial charge in [0, 0.05) is 27.8 Å². The third kappa shape index (κ3) is 2.27. The van der Waals surface area contributed by atoms with Crippen molar-refractivity contribution in [2.75, 3.05) is 0 Å². The van der Waals surface area contributed by atoms with E-state index in [9.17, 15) is 0 Å². The molecular formula is C39H24N6O+2. The van der Waals surface area contributed by atoms with E-state index in [-0.39, 0.29) is 0 Å². The number of pyridine rings is 2. The summed E-state index contributed by atoms with van der Waals surface area (Å²) in [5, 5.41) is 14.7. The summed E-state index contributed by atoms with van der Waals surface area (Å²) in [6.07, 6.45) is 8.45. The Bertz CT molecular complexity index is 2910. The van der Waals surface area contributed by atoms with E-state index in [1.165, 1.54) is 49.4 Å². The maximum atomic E-state index is 6.93. The first-order valence-corrected chi connectivity index (χ1v) is 15.7. The summed E-state index contributed by atoms with van der Waals surface area (Å²) < 4.78 is 16.8. The number of benzene rings is 4. The van der Waals surface area contributed by atoms with E-state index in [0.717, 1.165) is 50.5 Å². The van der Waals surface area contributed by atoms with Gasteiger partial charge < -0.3 is 4.74 Å². The summed E-state index contributed by atoms with van der Waals surface area (Å²) in [5.74, 6) is 2.88. The lowest BCUT2D eigenvalue weighted by Crippen LogP contribution is -2.75. The van der Waals surface area contributed by atoms with Crippen molar-refractivity contribution < 1.29 is 13.9 Å². The van der Waals surface area contributed by atoms with Crippen LogP contribution in [-0.4, -0.2) is 19.2 Å². The number of imidazole rings is 1. The van der Waals surface area contributed by atoms with Crippen molar-refractivity contribution in [2.45, 2.75) is 19.5 Å². The molecule has 1 unspecified atom stereocenters. The molecule has 8 heterocycles. The Morgan fingerprint density at radius 1 is 0.674 bits per heavy atom. The number of ether oxygens (including phenoxy) is 1. The zero-order chi connectivity index (χ0) is 30.1. The molecule has 0 saturated carbocycles. The Labute approximate surface area is 261 Å². The fraction of sp³-hybridized carbons (Fsp3) is 0.0769. The van der Waals surface area contributed by atoms with Gasteiger partial charge in [-0.25, -0.2) is 0 Å². The largest absolute Gasteiger partial charge is 0.456 e. The third-order valence-electron chi connectivity index (χ3n) is 10.8. The van der Waals surface area contributed by atoms with E-state index in [2.05, 4.69) is 139 Å². The van der Waals surface area contributed by atoms with Gasteiger partial charge in [0.05, 0.1) is 29.4 Å². The molecule has 9 aromatic rings. The van der Waals surface area contributed by atoms with Crippen LogP contribution in [0.15, 0.2) is 110 Å². The van der Waals surface area contributed by atoms with Gasteiger partial charge in [0.15, 0.2) is 16.7 Å². The quantitative estimate of drug-likeness (QED) is 0.152. The minimum Gasteiger partial charge on any atom is -0.456 e. The van der Waals surface area contributed by atoms with Crippen LogP contribution in [0.3, 0.4) is 0 Å². The Hall–Kier alpha value is -6.08. The maximum Gasteiger partial charge on any atom is 0.318 e. The molecule has 3 aliphatic heterocycles. The van der Waals surface area contributed by atoms with Crippen LogP contribution in [0.4, 0.5) is 0 Å². The van der Waals surface area contributed by atoms with Crippen LogP contribution in [0.1, 0.15) is 22.3 Å². The van der Waals surface area contributed by atoms with Crippen molar-refractivity contribution in [3.05, 3.63) is 132 Å². The lowest BCUT2D eigenvalue weighted by molar-refractivity contribution is -0.956. The Morgan fingerprint density at radius 2 is 1.46 bits per heavy atom. The van der Waals surface area contributed by atoms with Gasteiger partial charge in [-0.3, -0.25) is 0 Å². The number of hydrogen-bond acceptors (Lipinski definition) is 3. The molecule has 0 bridgehead atoms. The molecule has 0 aliphatic carbocycles. The lowest BCUT2D eigenvalue weighted by Gasteiger charge is -2.36. The molecule has 0 N–H and O–H groups in total. The molecule has 0 amide bonds. The molecule has 0 fully saturated rings. The van der Waals surface area contributed by atoms with E-state index in [1.807, 2.05) is 12.4 Å². The predicted molar refractivity (Wildman–Crippen MR) is 176 cm³/mol. The molecule has 7 nitrogen and oxygen atoms in total. The standard InChI is InChI=1S/C39H24N6O/c1-21-8-7-9-22(2)33(21)29-20-43-38-34-24(26-18-40-41-19-28(26)44(29)38)13-15-30-35(34)39(43)36-31(46-30)16-14-25-23-10-3-4-11-27(23)45(37(25)36)32-12-5-6-17-42(32)39/h3-20H,1-2H3/q+2. The van der Waals surface area contributed by atoms with Crippen LogP contribution in [0.2, 0.25) is 0 Å². The zero-order valence-electron chi connectivity index (χ0n) is 25.0. The second-order valence-electron chi connectivity index (χ2n) is 12.9. The van der Waals surface area contributed by atoms with Crippen LogP contribution in [0, 0.1) is 13.8 Å². The van der Waals surface area contributed by atoms with Crippen LogP contribution in [0.5, 0.6) is 11.5 Å². The molecule has 5 aromatic heterocycles. The van der Waals surface area contributed by atoms with E-state index in [1.54, 1.807) is 0 Å². The van der Waals surface area contributed by atoms with Gasteiger partial charge in [0.25, 0.3) is 11.5 Å². The molecule has 1 atom stereocenters. The minimum atomic E-state index is -0.733. The summed E-state index contributed by atoms with van der Waals surface area (Å²) in [6, 6.07) is 30.6. The van der Waals surface area contributed by atoms with Crippen molar-refractivity contribution in [3.63, 3.8) is 0 Å². The molecule has 7 heteroatoms. The Balaban J connectivity index is 1.41. The van der Waals surface area contributed by atoms with E-state index in [0.29, 0.717) is 0 Å². The van der Waals surface area contributed by atoms with Gasteiger partial charge in [-0.15, -0.1) is 0 Å². The molecule has 12 rings (SSSR count). The summed E-state index contributed by atoms with van der Waals surface area (Å²) in [7, 11) is 0.